The van der Waals surface area contributed by atoms with Crippen LogP contribution in [0.3, 0.4) is 0 Å². The summed E-state index contributed by atoms with van der Waals surface area (Å²) in [6.07, 6.45) is -2.43. The van der Waals surface area contributed by atoms with Crippen LogP contribution in [0, 0.1) is 11.3 Å². The number of anilines is 1. The van der Waals surface area contributed by atoms with Crippen molar-refractivity contribution >= 4 is 17.3 Å². The molecular weight excluding hydrogens is 234 g/mol. The maximum Gasteiger partial charge on any atom is 0.255 e. The normalized spacial score (nSPS) is 10.2. The van der Waals surface area contributed by atoms with Crippen molar-refractivity contribution in [1.82, 2.24) is 0 Å². The molecule has 2 nitrogen and oxygen atoms in total. The molecule has 0 spiro atoms. The first-order valence-corrected chi connectivity index (χ1v) is 5.20. The maximum atomic E-state index is 12.2. The highest BCUT2D eigenvalue weighted by molar-refractivity contribution is 6.17. The lowest BCUT2D eigenvalue weighted by Crippen LogP contribution is -2.24. The molecule has 0 saturated carbocycles. The van der Waals surface area contributed by atoms with Gasteiger partial charge in [-0.05, 0) is 17.7 Å². The van der Waals surface area contributed by atoms with Crippen LogP contribution in [-0.4, -0.2) is 20.0 Å². The minimum absolute atomic E-state index is 0.299. The van der Waals surface area contributed by atoms with E-state index in [0.29, 0.717) is 17.1 Å². The van der Waals surface area contributed by atoms with Crippen molar-refractivity contribution in [2.24, 2.45) is 0 Å². The van der Waals surface area contributed by atoms with E-state index < -0.39 is 13.0 Å². The summed E-state index contributed by atoms with van der Waals surface area (Å²) in [6.45, 7) is -0.394. The molecule has 0 heterocycles. The predicted molar refractivity (Wildman–Crippen MR) is 60.0 cm³/mol. The Morgan fingerprint density at radius 1 is 1.50 bits per heavy atom. The Balaban J connectivity index is 3.00. The van der Waals surface area contributed by atoms with E-state index in [2.05, 4.69) is 0 Å². The molecule has 0 saturated heterocycles. The van der Waals surface area contributed by atoms with E-state index in [9.17, 15) is 8.78 Å². The monoisotopic (exact) mass is 244 g/mol. The van der Waals surface area contributed by atoms with E-state index in [1.54, 1.807) is 18.2 Å². The van der Waals surface area contributed by atoms with Crippen LogP contribution in [0.1, 0.15) is 11.1 Å². The number of rotatable bonds is 4. The fraction of sp³-hybridized carbons (Fsp3) is 0.364. The standard InChI is InChI=1S/C11H11ClF2N2/c1-16(7-11(13)14)10-3-2-8(5-12)4-9(10)6-15/h2-4,11H,5,7H2,1H3. The summed E-state index contributed by atoms with van der Waals surface area (Å²) in [5, 5.41) is 8.91. The number of benzene rings is 1. The zero-order valence-electron chi connectivity index (χ0n) is 8.75. The highest BCUT2D eigenvalue weighted by Gasteiger charge is 2.12. The van der Waals surface area contributed by atoms with Crippen molar-refractivity contribution in [1.29, 1.82) is 5.26 Å². The fourth-order valence-electron chi connectivity index (χ4n) is 1.39. The van der Waals surface area contributed by atoms with Gasteiger partial charge in [0.15, 0.2) is 0 Å². The van der Waals surface area contributed by atoms with E-state index in [-0.39, 0.29) is 0 Å². The molecule has 0 aromatic heterocycles. The molecule has 1 aromatic carbocycles. The first-order valence-electron chi connectivity index (χ1n) is 4.66. The Morgan fingerprint density at radius 3 is 2.69 bits per heavy atom. The fourth-order valence-corrected chi connectivity index (χ4v) is 1.56. The second kappa shape index (κ2) is 5.66. The SMILES string of the molecule is CN(CC(F)F)c1ccc(CCl)cc1C#N. The number of alkyl halides is 3. The average molecular weight is 245 g/mol. The molecule has 0 unspecified atom stereocenters. The number of hydrogen-bond acceptors (Lipinski definition) is 2. The molecule has 0 atom stereocenters. The van der Waals surface area contributed by atoms with E-state index in [1.165, 1.54) is 11.9 Å². The van der Waals surface area contributed by atoms with Gasteiger partial charge in [0.2, 0.25) is 0 Å². The molecule has 5 heteroatoms. The Labute approximate surface area is 98.0 Å². The Bertz CT molecular complexity index is 401. The average Bonchev–Trinajstić information content (AvgIpc) is 2.27. The van der Waals surface area contributed by atoms with Crippen molar-refractivity contribution < 1.29 is 8.78 Å². The largest absolute Gasteiger partial charge is 0.368 e. The van der Waals surface area contributed by atoms with Crippen LogP contribution in [0.2, 0.25) is 0 Å². The van der Waals surface area contributed by atoms with Crippen LogP contribution >= 0.6 is 11.6 Å². The van der Waals surface area contributed by atoms with E-state index in [0.717, 1.165) is 5.56 Å². The summed E-state index contributed by atoms with van der Waals surface area (Å²) in [7, 11) is 1.53. The van der Waals surface area contributed by atoms with Crippen LogP contribution in [0.5, 0.6) is 0 Å². The zero-order chi connectivity index (χ0) is 12.1. The first-order chi connectivity index (χ1) is 7.58. The molecule has 16 heavy (non-hydrogen) atoms. The molecule has 0 aliphatic rings. The van der Waals surface area contributed by atoms with Crippen LogP contribution < -0.4 is 4.90 Å². The lowest BCUT2D eigenvalue weighted by molar-refractivity contribution is 0.156. The second-order valence-corrected chi connectivity index (χ2v) is 3.64. The van der Waals surface area contributed by atoms with Crippen molar-refractivity contribution in [3.63, 3.8) is 0 Å². The summed E-state index contributed by atoms with van der Waals surface area (Å²) in [5.74, 6) is 0.299. The van der Waals surface area contributed by atoms with Gasteiger partial charge in [-0.15, -0.1) is 11.6 Å². The molecule has 0 aliphatic carbocycles. The van der Waals surface area contributed by atoms with Crippen LogP contribution in [0.25, 0.3) is 0 Å². The van der Waals surface area contributed by atoms with Crippen LogP contribution in [0.15, 0.2) is 18.2 Å². The van der Waals surface area contributed by atoms with E-state index >= 15 is 0 Å². The van der Waals surface area contributed by atoms with Gasteiger partial charge in [0.05, 0.1) is 17.8 Å². The Kier molecular flexibility index (Phi) is 4.51. The van der Waals surface area contributed by atoms with Crippen molar-refractivity contribution in [2.45, 2.75) is 12.3 Å². The molecule has 0 fully saturated rings. The molecule has 0 bridgehead atoms. The van der Waals surface area contributed by atoms with E-state index in [4.69, 9.17) is 16.9 Å². The summed E-state index contributed by atoms with van der Waals surface area (Å²) in [4.78, 5) is 1.36. The number of halogens is 3. The van der Waals surface area contributed by atoms with Gasteiger partial charge in [-0.25, -0.2) is 8.78 Å². The summed E-state index contributed by atoms with van der Waals surface area (Å²) in [5.41, 5.74) is 1.66. The predicted octanol–water partition coefficient (Wildman–Crippen LogP) is 3.00. The molecular formula is C11H11ClF2N2. The van der Waals surface area contributed by atoms with Crippen molar-refractivity contribution in [2.75, 3.05) is 18.5 Å². The quantitative estimate of drug-likeness (QED) is 0.762. The zero-order valence-corrected chi connectivity index (χ0v) is 9.51. The van der Waals surface area contributed by atoms with Crippen molar-refractivity contribution in [3.8, 4) is 6.07 Å². The van der Waals surface area contributed by atoms with Gasteiger partial charge >= 0.3 is 0 Å². The van der Waals surface area contributed by atoms with Gasteiger partial charge in [0, 0.05) is 12.9 Å². The van der Waals surface area contributed by atoms with Gasteiger partial charge in [0.1, 0.15) is 6.07 Å². The van der Waals surface area contributed by atoms with Gasteiger partial charge in [-0.1, -0.05) is 6.07 Å². The maximum absolute atomic E-state index is 12.2. The summed E-state index contributed by atoms with van der Waals surface area (Å²) >= 11 is 5.63. The number of hydrogen-bond donors (Lipinski definition) is 0. The molecule has 0 N–H and O–H groups in total. The first kappa shape index (κ1) is 12.7. The molecule has 0 aliphatic heterocycles. The van der Waals surface area contributed by atoms with Crippen LogP contribution in [0.4, 0.5) is 14.5 Å². The third-order valence-electron chi connectivity index (χ3n) is 2.16. The number of nitriles is 1. The molecule has 1 aromatic rings. The minimum atomic E-state index is -2.43. The number of nitrogens with zero attached hydrogens (tertiary/aromatic N) is 2. The molecule has 86 valence electrons. The highest BCUT2D eigenvalue weighted by Crippen LogP contribution is 2.21. The summed E-state index contributed by atoms with van der Waals surface area (Å²) in [6, 6.07) is 6.96. The van der Waals surface area contributed by atoms with Crippen LogP contribution in [-0.2, 0) is 5.88 Å². The third kappa shape index (κ3) is 3.07. The van der Waals surface area contributed by atoms with Crippen molar-refractivity contribution in [3.05, 3.63) is 29.3 Å². The second-order valence-electron chi connectivity index (χ2n) is 3.37. The smallest absolute Gasteiger partial charge is 0.255 e. The lowest BCUT2D eigenvalue weighted by atomic mass is 10.1. The van der Waals surface area contributed by atoms with Gasteiger partial charge in [-0.3, -0.25) is 0 Å². The Morgan fingerprint density at radius 2 is 2.19 bits per heavy atom. The molecule has 0 amide bonds. The third-order valence-corrected chi connectivity index (χ3v) is 2.47. The lowest BCUT2D eigenvalue weighted by Gasteiger charge is -2.20. The van der Waals surface area contributed by atoms with E-state index in [1.807, 2.05) is 6.07 Å². The molecule has 0 radical (unpaired) electrons. The highest BCUT2D eigenvalue weighted by atomic mass is 35.5. The summed E-state index contributed by atoms with van der Waals surface area (Å²) < 4.78 is 24.4. The van der Waals surface area contributed by atoms with Gasteiger partial charge in [0.25, 0.3) is 6.43 Å². The topological polar surface area (TPSA) is 27.0 Å². The minimum Gasteiger partial charge on any atom is -0.368 e. The Hall–Kier alpha value is -1.34. The van der Waals surface area contributed by atoms with Gasteiger partial charge < -0.3 is 4.90 Å². The van der Waals surface area contributed by atoms with Gasteiger partial charge in [-0.2, -0.15) is 5.26 Å². The molecule has 1 rings (SSSR count).